The van der Waals surface area contributed by atoms with Crippen LogP contribution in [0.25, 0.3) is 0 Å². The van der Waals surface area contributed by atoms with E-state index in [1.54, 1.807) is 36.6 Å². The summed E-state index contributed by atoms with van der Waals surface area (Å²) in [4.78, 5) is 1.12. The van der Waals surface area contributed by atoms with Crippen LogP contribution in [0.15, 0.2) is 34.1 Å². The lowest BCUT2D eigenvalue weighted by Crippen LogP contribution is -1.96. The van der Waals surface area contributed by atoms with Crippen molar-refractivity contribution in [1.82, 2.24) is 0 Å². The SMILES string of the molecule is COc1cc(C#N)ccc1OCc1cc(Br)cs1. The molecule has 0 spiro atoms. The number of hydrogen-bond donors (Lipinski definition) is 0. The van der Waals surface area contributed by atoms with Crippen molar-refractivity contribution in [2.45, 2.75) is 6.61 Å². The molecule has 1 aromatic carbocycles. The lowest BCUT2D eigenvalue weighted by atomic mass is 10.2. The van der Waals surface area contributed by atoms with Gasteiger partial charge in [0.15, 0.2) is 11.5 Å². The van der Waals surface area contributed by atoms with Crippen molar-refractivity contribution < 1.29 is 9.47 Å². The first kappa shape index (κ1) is 12.9. The monoisotopic (exact) mass is 323 g/mol. The number of ether oxygens (including phenoxy) is 2. The highest BCUT2D eigenvalue weighted by molar-refractivity contribution is 9.10. The Kier molecular flexibility index (Phi) is 4.24. The van der Waals surface area contributed by atoms with Gasteiger partial charge in [-0.25, -0.2) is 0 Å². The fourth-order valence-corrected chi connectivity index (χ4v) is 2.80. The number of benzene rings is 1. The summed E-state index contributed by atoms with van der Waals surface area (Å²) >= 11 is 5.02. The summed E-state index contributed by atoms with van der Waals surface area (Å²) in [5, 5.41) is 10.8. The number of rotatable bonds is 4. The molecule has 0 bridgehead atoms. The second-order valence-corrected chi connectivity index (χ2v) is 5.41. The van der Waals surface area contributed by atoms with Gasteiger partial charge in [-0.05, 0) is 34.1 Å². The predicted molar refractivity (Wildman–Crippen MR) is 74.1 cm³/mol. The molecule has 0 unspecified atom stereocenters. The van der Waals surface area contributed by atoms with Crippen LogP contribution in [0.3, 0.4) is 0 Å². The van der Waals surface area contributed by atoms with Crippen molar-refractivity contribution in [2.75, 3.05) is 7.11 Å². The fraction of sp³-hybridized carbons (Fsp3) is 0.154. The van der Waals surface area contributed by atoms with E-state index in [-0.39, 0.29) is 0 Å². The topological polar surface area (TPSA) is 42.2 Å². The van der Waals surface area contributed by atoms with Crippen LogP contribution < -0.4 is 9.47 Å². The van der Waals surface area contributed by atoms with Crippen molar-refractivity contribution in [3.63, 3.8) is 0 Å². The van der Waals surface area contributed by atoms with E-state index in [2.05, 4.69) is 22.0 Å². The summed E-state index contributed by atoms with van der Waals surface area (Å²) in [5.74, 6) is 1.21. The maximum Gasteiger partial charge on any atom is 0.162 e. The first-order valence-electron chi connectivity index (χ1n) is 5.17. The molecule has 3 nitrogen and oxygen atoms in total. The van der Waals surface area contributed by atoms with E-state index in [0.29, 0.717) is 23.7 Å². The van der Waals surface area contributed by atoms with E-state index >= 15 is 0 Å². The Hall–Kier alpha value is -1.51. The van der Waals surface area contributed by atoms with Crippen molar-refractivity contribution in [3.05, 3.63) is 44.6 Å². The van der Waals surface area contributed by atoms with Crippen LogP contribution in [0.5, 0.6) is 11.5 Å². The van der Waals surface area contributed by atoms with E-state index in [1.807, 2.05) is 11.4 Å². The van der Waals surface area contributed by atoms with Crippen LogP contribution in [0.1, 0.15) is 10.4 Å². The fourth-order valence-electron chi connectivity index (χ4n) is 1.43. The molecule has 0 aliphatic rings. The third kappa shape index (κ3) is 3.03. The molecular formula is C13H10BrNO2S. The van der Waals surface area contributed by atoms with E-state index in [9.17, 15) is 0 Å². The van der Waals surface area contributed by atoms with Gasteiger partial charge < -0.3 is 9.47 Å². The minimum atomic E-state index is 0.485. The van der Waals surface area contributed by atoms with Crippen LogP contribution in [0.2, 0.25) is 0 Å². The molecule has 1 aromatic heterocycles. The second kappa shape index (κ2) is 5.89. The summed E-state index contributed by atoms with van der Waals surface area (Å²) in [6, 6.07) is 9.21. The molecule has 0 N–H and O–H groups in total. The number of halogens is 1. The summed E-state index contributed by atoms with van der Waals surface area (Å²) in [7, 11) is 1.56. The predicted octanol–water partition coefficient (Wildman–Crippen LogP) is 3.97. The van der Waals surface area contributed by atoms with Gasteiger partial charge in [0, 0.05) is 20.8 Å². The third-order valence-corrected chi connectivity index (χ3v) is 3.96. The number of thiophene rings is 1. The van der Waals surface area contributed by atoms with Crippen molar-refractivity contribution in [1.29, 1.82) is 5.26 Å². The highest BCUT2D eigenvalue weighted by Crippen LogP contribution is 2.29. The van der Waals surface area contributed by atoms with Gasteiger partial charge in [0.05, 0.1) is 18.7 Å². The average Bonchev–Trinajstić information content (AvgIpc) is 2.82. The maximum absolute atomic E-state index is 8.81. The molecule has 0 fully saturated rings. The molecule has 92 valence electrons. The van der Waals surface area contributed by atoms with Crippen LogP contribution >= 0.6 is 27.3 Å². The highest BCUT2D eigenvalue weighted by atomic mass is 79.9. The van der Waals surface area contributed by atoms with Crippen molar-refractivity contribution in [3.8, 4) is 17.6 Å². The number of nitriles is 1. The summed E-state index contributed by atoms with van der Waals surface area (Å²) < 4.78 is 11.9. The standard InChI is InChI=1S/C13H10BrNO2S/c1-16-13-4-9(6-15)2-3-12(13)17-7-11-5-10(14)8-18-11/h2-5,8H,7H2,1H3. The molecule has 1 heterocycles. The van der Waals surface area contributed by atoms with Gasteiger partial charge in [-0.1, -0.05) is 0 Å². The van der Waals surface area contributed by atoms with Gasteiger partial charge in [-0.2, -0.15) is 5.26 Å². The third-order valence-electron chi connectivity index (χ3n) is 2.28. The Labute approximate surface area is 118 Å². The van der Waals surface area contributed by atoms with Gasteiger partial charge in [0.1, 0.15) is 6.61 Å². The minimum absolute atomic E-state index is 0.485. The molecule has 5 heteroatoms. The minimum Gasteiger partial charge on any atom is -0.493 e. The lowest BCUT2D eigenvalue weighted by Gasteiger charge is -2.09. The van der Waals surface area contributed by atoms with Gasteiger partial charge in [-0.3, -0.25) is 0 Å². The van der Waals surface area contributed by atoms with Gasteiger partial charge in [-0.15, -0.1) is 11.3 Å². The Balaban J connectivity index is 2.12. The molecular weight excluding hydrogens is 314 g/mol. The van der Waals surface area contributed by atoms with E-state index in [0.717, 1.165) is 9.35 Å². The molecule has 0 radical (unpaired) electrons. The first-order chi connectivity index (χ1) is 8.72. The number of methoxy groups -OCH3 is 1. The quantitative estimate of drug-likeness (QED) is 0.854. The molecule has 2 rings (SSSR count). The van der Waals surface area contributed by atoms with Gasteiger partial charge in [0.25, 0.3) is 0 Å². The van der Waals surface area contributed by atoms with Crippen LogP contribution in [0.4, 0.5) is 0 Å². The van der Waals surface area contributed by atoms with Crippen molar-refractivity contribution >= 4 is 27.3 Å². The zero-order valence-electron chi connectivity index (χ0n) is 9.64. The lowest BCUT2D eigenvalue weighted by molar-refractivity contribution is 0.287. The molecule has 2 aromatic rings. The Morgan fingerprint density at radius 2 is 2.17 bits per heavy atom. The van der Waals surface area contributed by atoms with Crippen LogP contribution in [-0.4, -0.2) is 7.11 Å². The summed E-state index contributed by atoms with van der Waals surface area (Å²) in [5.41, 5.74) is 0.554. The Morgan fingerprint density at radius 3 is 2.78 bits per heavy atom. The Morgan fingerprint density at radius 1 is 1.33 bits per heavy atom. The number of hydrogen-bond acceptors (Lipinski definition) is 4. The van der Waals surface area contributed by atoms with E-state index < -0.39 is 0 Å². The van der Waals surface area contributed by atoms with Crippen LogP contribution in [-0.2, 0) is 6.61 Å². The van der Waals surface area contributed by atoms with E-state index in [1.165, 1.54) is 0 Å². The van der Waals surface area contributed by atoms with Crippen molar-refractivity contribution in [2.24, 2.45) is 0 Å². The largest absolute Gasteiger partial charge is 0.493 e. The molecule has 0 atom stereocenters. The summed E-state index contributed by atoms with van der Waals surface area (Å²) in [6.45, 7) is 0.485. The maximum atomic E-state index is 8.81. The average molecular weight is 324 g/mol. The highest BCUT2D eigenvalue weighted by Gasteiger charge is 2.06. The molecule has 0 saturated heterocycles. The zero-order chi connectivity index (χ0) is 13.0. The molecule has 0 saturated carbocycles. The normalized spacial score (nSPS) is 9.83. The van der Waals surface area contributed by atoms with Crippen LogP contribution in [0, 0.1) is 11.3 Å². The summed E-state index contributed by atoms with van der Waals surface area (Å²) in [6.07, 6.45) is 0. The smallest absolute Gasteiger partial charge is 0.162 e. The number of nitrogens with zero attached hydrogens (tertiary/aromatic N) is 1. The van der Waals surface area contributed by atoms with Gasteiger partial charge >= 0.3 is 0 Å². The molecule has 18 heavy (non-hydrogen) atoms. The molecule has 0 aliphatic heterocycles. The second-order valence-electron chi connectivity index (χ2n) is 3.50. The zero-order valence-corrected chi connectivity index (χ0v) is 12.0. The van der Waals surface area contributed by atoms with Gasteiger partial charge in [0.2, 0.25) is 0 Å². The molecule has 0 amide bonds. The Bertz CT molecular complexity index is 589. The molecule has 0 aliphatic carbocycles. The van der Waals surface area contributed by atoms with E-state index in [4.69, 9.17) is 14.7 Å². The first-order valence-corrected chi connectivity index (χ1v) is 6.84.